The quantitative estimate of drug-likeness (QED) is 0.807. The lowest BCUT2D eigenvalue weighted by molar-refractivity contribution is 0.0678. The molecule has 2 heterocycles. The van der Waals surface area contributed by atoms with E-state index in [2.05, 4.69) is 26.4 Å². The van der Waals surface area contributed by atoms with Crippen molar-refractivity contribution in [1.82, 2.24) is 19.4 Å². The van der Waals surface area contributed by atoms with Crippen molar-refractivity contribution >= 4 is 17.1 Å². The summed E-state index contributed by atoms with van der Waals surface area (Å²) in [5, 5.41) is 0. The third kappa shape index (κ3) is 2.92. The number of pyridine rings is 1. The fraction of sp³-hybridized carbons (Fsp3) is 0.632. The van der Waals surface area contributed by atoms with Crippen molar-refractivity contribution in [1.29, 1.82) is 0 Å². The van der Waals surface area contributed by atoms with E-state index in [-0.39, 0.29) is 5.91 Å². The number of amides is 1. The zero-order valence-corrected chi connectivity index (χ0v) is 14.4. The second-order valence-corrected chi connectivity index (χ2v) is 7.24. The van der Waals surface area contributed by atoms with Crippen LogP contribution in [-0.2, 0) is 0 Å². The molecule has 0 atom stereocenters. The van der Waals surface area contributed by atoms with Gasteiger partial charge in [-0.1, -0.05) is 26.2 Å². The van der Waals surface area contributed by atoms with Crippen LogP contribution in [0.25, 0.3) is 11.2 Å². The molecule has 0 saturated heterocycles. The maximum absolute atomic E-state index is 13.1. The molecule has 2 aromatic heterocycles. The Labute approximate surface area is 143 Å². The van der Waals surface area contributed by atoms with Crippen molar-refractivity contribution in [2.24, 2.45) is 0 Å². The highest BCUT2D eigenvalue weighted by Crippen LogP contribution is 2.36. The minimum atomic E-state index is 0.130. The van der Waals surface area contributed by atoms with E-state index < -0.39 is 0 Å². The number of fused-ring (bicyclic) bond motifs is 1. The van der Waals surface area contributed by atoms with Crippen LogP contribution in [0, 0.1) is 0 Å². The lowest BCUT2D eigenvalue weighted by Gasteiger charge is -2.29. The Morgan fingerprint density at radius 3 is 2.75 bits per heavy atom. The predicted octanol–water partition coefficient (Wildman–Crippen LogP) is 3.95. The Balaban J connectivity index is 1.59. The molecule has 0 spiro atoms. The molecule has 0 bridgehead atoms. The zero-order chi connectivity index (χ0) is 16.5. The number of rotatable bonds is 6. The molecule has 2 aliphatic rings. The van der Waals surface area contributed by atoms with Crippen LogP contribution in [0.3, 0.4) is 0 Å². The predicted molar refractivity (Wildman–Crippen MR) is 94.0 cm³/mol. The van der Waals surface area contributed by atoms with Gasteiger partial charge in [0.2, 0.25) is 0 Å². The molecule has 0 unspecified atom stereocenters. The summed E-state index contributed by atoms with van der Waals surface area (Å²) in [5.74, 6) is 0.130. The van der Waals surface area contributed by atoms with E-state index in [0.29, 0.717) is 17.6 Å². The molecule has 2 aliphatic carbocycles. The van der Waals surface area contributed by atoms with Crippen LogP contribution >= 0.6 is 0 Å². The number of imidazole rings is 1. The number of carbonyl (C=O) groups excluding carboxylic acids is 1. The fourth-order valence-corrected chi connectivity index (χ4v) is 3.82. The van der Waals surface area contributed by atoms with Crippen LogP contribution in [0.4, 0.5) is 0 Å². The summed E-state index contributed by atoms with van der Waals surface area (Å²) in [5.41, 5.74) is 2.44. The molecule has 128 valence electrons. The summed E-state index contributed by atoms with van der Waals surface area (Å²) in [6.45, 7) is 3.03. The molecule has 2 fully saturated rings. The third-order valence-electron chi connectivity index (χ3n) is 5.38. The molecule has 0 aliphatic heterocycles. The molecule has 24 heavy (non-hydrogen) atoms. The van der Waals surface area contributed by atoms with E-state index in [1.165, 1.54) is 25.7 Å². The van der Waals surface area contributed by atoms with Crippen LogP contribution in [0.15, 0.2) is 18.6 Å². The molecule has 0 radical (unpaired) electrons. The SMILES string of the molecule is CCCCN(C(=O)c1cnc2c(c1)ncn2C1CC1)C1CCCC1. The highest BCUT2D eigenvalue weighted by molar-refractivity contribution is 5.96. The van der Waals surface area contributed by atoms with Gasteiger partial charge in [-0.15, -0.1) is 0 Å². The molecule has 4 rings (SSSR count). The Morgan fingerprint density at radius 2 is 2.04 bits per heavy atom. The van der Waals surface area contributed by atoms with E-state index in [1.807, 2.05) is 12.4 Å². The number of unbranched alkanes of at least 4 members (excludes halogenated alkanes) is 1. The van der Waals surface area contributed by atoms with E-state index in [0.717, 1.165) is 43.4 Å². The van der Waals surface area contributed by atoms with Gasteiger partial charge in [0.25, 0.3) is 5.91 Å². The van der Waals surface area contributed by atoms with Gasteiger partial charge in [-0.25, -0.2) is 9.97 Å². The summed E-state index contributed by atoms with van der Waals surface area (Å²) < 4.78 is 2.15. The molecule has 2 saturated carbocycles. The molecular formula is C19H26N4O. The Kier molecular flexibility index (Phi) is 4.25. The van der Waals surface area contributed by atoms with Gasteiger partial charge in [-0.05, 0) is 38.2 Å². The van der Waals surface area contributed by atoms with Crippen molar-refractivity contribution in [2.75, 3.05) is 6.54 Å². The number of carbonyl (C=O) groups is 1. The van der Waals surface area contributed by atoms with Crippen molar-refractivity contribution in [3.8, 4) is 0 Å². The first kappa shape index (κ1) is 15.6. The van der Waals surface area contributed by atoms with Gasteiger partial charge in [0, 0.05) is 24.8 Å². The largest absolute Gasteiger partial charge is 0.336 e. The summed E-state index contributed by atoms with van der Waals surface area (Å²) >= 11 is 0. The number of hydrogen-bond acceptors (Lipinski definition) is 3. The topological polar surface area (TPSA) is 51.0 Å². The van der Waals surface area contributed by atoms with E-state index in [1.54, 1.807) is 6.20 Å². The van der Waals surface area contributed by atoms with Gasteiger partial charge in [0.15, 0.2) is 5.65 Å². The molecule has 2 aromatic rings. The van der Waals surface area contributed by atoms with Crippen molar-refractivity contribution < 1.29 is 4.79 Å². The average Bonchev–Trinajstić information content (AvgIpc) is 3.14. The molecule has 0 aromatic carbocycles. The van der Waals surface area contributed by atoms with Crippen molar-refractivity contribution in [3.63, 3.8) is 0 Å². The summed E-state index contributed by atoms with van der Waals surface area (Å²) in [6.07, 6.45) is 13.0. The highest BCUT2D eigenvalue weighted by atomic mass is 16.2. The lowest BCUT2D eigenvalue weighted by Crippen LogP contribution is -2.39. The number of aromatic nitrogens is 3. The normalized spacial score (nSPS) is 18.4. The molecule has 1 amide bonds. The van der Waals surface area contributed by atoms with E-state index in [9.17, 15) is 4.79 Å². The fourth-order valence-electron chi connectivity index (χ4n) is 3.82. The second kappa shape index (κ2) is 6.54. The Hall–Kier alpha value is -1.91. The van der Waals surface area contributed by atoms with Crippen LogP contribution in [0.1, 0.15) is 74.7 Å². The monoisotopic (exact) mass is 326 g/mol. The van der Waals surface area contributed by atoms with Gasteiger partial charge in [0.1, 0.15) is 5.52 Å². The number of hydrogen-bond donors (Lipinski definition) is 0. The first-order chi connectivity index (χ1) is 11.8. The molecule has 5 nitrogen and oxygen atoms in total. The molecular weight excluding hydrogens is 300 g/mol. The smallest absolute Gasteiger partial charge is 0.255 e. The van der Waals surface area contributed by atoms with Crippen LogP contribution < -0.4 is 0 Å². The van der Waals surface area contributed by atoms with Crippen LogP contribution in [0.5, 0.6) is 0 Å². The molecule has 5 heteroatoms. The standard InChI is InChI=1S/C19H26N4O/c1-2-3-10-22(15-6-4-5-7-15)19(24)14-11-17-18(20-12-14)23(13-21-17)16-8-9-16/h11-13,15-16H,2-10H2,1H3. The van der Waals surface area contributed by atoms with Gasteiger partial charge in [-0.3, -0.25) is 4.79 Å². The van der Waals surface area contributed by atoms with Crippen LogP contribution in [-0.4, -0.2) is 37.9 Å². The Bertz CT molecular complexity index is 728. The maximum Gasteiger partial charge on any atom is 0.255 e. The first-order valence-corrected chi connectivity index (χ1v) is 9.41. The minimum Gasteiger partial charge on any atom is -0.336 e. The van der Waals surface area contributed by atoms with Crippen molar-refractivity contribution in [3.05, 3.63) is 24.2 Å². The average molecular weight is 326 g/mol. The van der Waals surface area contributed by atoms with Gasteiger partial charge in [0.05, 0.1) is 11.9 Å². The van der Waals surface area contributed by atoms with Gasteiger partial charge >= 0.3 is 0 Å². The summed E-state index contributed by atoms with van der Waals surface area (Å²) in [7, 11) is 0. The second-order valence-electron chi connectivity index (χ2n) is 7.24. The van der Waals surface area contributed by atoms with Gasteiger partial charge < -0.3 is 9.47 Å². The van der Waals surface area contributed by atoms with E-state index >= 15 is 0 Å². The highest BCUT2D eigenvalue weighted by Gasteiger charge is 2.28. The Morgan fingerprint density at radius 1 is 1.25 bits per heavy atom. The van der Waals surface area contributed by atoms with Gasteiger partial charge in [-0.2, -0.15) is 0 Å². The molecule has 0 N–H and O–H groups in total. The third-order valence-corrected chi connectivity index (χ3v) is 5.38. The van der Waals surface area contributed by atoms with E-state index in [4.69, 9.17) is 0 Å². The zero-order valence-electron chi connectivity index (χ0n) is 14.4. The lowest BCUT2D eigenvalue weighted by atomic mass is 10.1. The maximum atomic E-state index is 13.1. The summed E-state index contributed by atoms with van der Waals surface area (Å²) in [6, 6.07) is 2.89. The minimum absolute atomic E-state index is 0.130. The van der Waals surface area contributed by atoms with Crippen LogP contribution in [0.2, 0.25) is 0 Å². The number of nitrogens with zero attached hydrogens (tertiary/aromatic N) is 4. The first-order valence-electron chi connectivity index (χ1n) is 9.41. The van der Waals surface area contributed by atoms with Crippen molar-refractivity contribution in [2.45, 2.75) is 70.4 Å². The summed E-state index contributed by atoms with van der Waals surface area (Å²) in [4.78, 5) is 24.2.